The summed E-state index contributed by atoms with van der Waals surface area (Å²) in [6, 6.07) is 10.1. The Morgan fingerprint density at radius 2 is 1.80 bits per heavy atom. The number of rotatable bonds is 8. The van der Waals surface area contributed by atoms with Crippen molar-refractivity contribution in [3.63, 3.8) is 0 Å². The largest absolute Gasteiger partial charge is 0.481 e. The van der Waals surface area contributed by atoms with Crippen LogP contribution in [0.25, 0.3) is 10.6 Å². The summed E-state index contributed by atoms with van der Waals surface area (Å²) in [6.07, 6.45) is 5.03. The molecule has 0 spiro atoms. The minimum absolute atomic E-state index is 0.275. The van der Waals surface area contributed by atoms with Crippen molar-refractivity contribution in [2.75, 3.05) is 0 Å². The first-order chi connectivity index (χ1) is 9.75. The summed E-state index contributed by atoms with van der Waals surface area (Å²) in [6.45, 7) is 0. The second-order valence-electron chi connectivity index (χ2n) is 4.67. The van der Waals surface area contributed by atoms with Crippen molar-refractivity contribution in [2.45, 2.75) is 38.5 Å². The summed E-state index contributed by atoms with van der Waals surface area (Å²) in [5.41, 5.74) is 1.11. The minimum atomic E-state index is -0.707. The number of carbonyl (C=O) groups is 1. The first-order valence-corrected chi connectivity index (χ1v) is 7.67. The molecule has 0 bridgehead atoms. The van der Waals surface area contributed by atoms with Crippen LogP contribution in [0, 0.1) is 0 Å². The number of nitrogens with zero attached hydrogens (tertiary/aromatic N) is 2. The number of hydrogen-bond donors (Lipinski definition) is 1. The van der Waals surface area contributed by atoms with Crippen molar-refractivity contribution in [2.24, 2.45) is 0 Å². The number of benzene rings is 1. The predicted molar refractivity (Wildman–Crippen MR) is 79.8 cm³/mol. The lowest BCUT2D eigenvalue weighted by atomic mass is 10.1. The molecule has 2 aromatic rings. The standard InChI is InChI=1S/C15H18N2O2S/c18-14(19)11-7-2-1-6-10-13-16-17-15(20-13)12-8-4-3-5-9-12/h3-5,8-9H,1-2,6-7,10-11H2,(H,18,19). The van der Waals surface area contributed by atoms with Crippen LogP contribution in [0.15, 0.2) is 30.3 Å². The van der Waals surface area contributed by atoms with Crippen LogP contribution < -0.4 is 0 Å². The van der Waals surface area contributed by atoms with E-state index >= 15 is 0 Å². The molecule has 0 aliphatic rings. The summed E-state index contributed by atoms with van der Waals surface area (Å²) < 4.78 is 0. The Morgan fingerprint density at radius 3 is 2.55 bits per heavy atom. The van der Waals surface area contributed by atoms with Crippen molar-refractivity contribution in [3.05, 3.63) is 35.3 Å². The van der Waals surface area contributed by atoms with Crippen molar-refractivity contribution in [1.82, 2.24) is 10.2 Å². The van der Waals surface area contributed by atoms with Gasteiger partial charge in [-0.25, -0.2) is 0 Å². The zero-order chi connectivity index (χ0) is 14.2. The van der Waals surface area contributed by atoms with Gasteiger partial charge >= 0.3 is 5.97 Å². The molecule has 0 aliphatic carbocycles. The van der Waals surface area contributed by atoms with Crippen LogP contribution in [-0.2, 0) is 11.2 Å². The summed E-state index contributed by atoms with van der Waals surface area (Å²) in [5.74, 6) is -0.707. The summed E-state index contributed by atoms with van der Waals surface area (Å²) in [7, 11) is 0. The second kappa shape index (κ2) is 7.75. The van der Waals surface area contributed by atoms with Crippen molar-refractivity contribution in [1.29, 1.82) is 0 Å². The van der Waals surface area contributed by atoms with Crippen LogP contribution in [0.4, 0.5) is 0 Å². The zero-order valence-corrected chi connectivity index (χ0v) is 12.1. The number of carboxylic acid groups (broad SMARTS) is 1. The third-order valence-electron chi connectivity index (χ3n) is 3.02. The fourth-order valence-corrected chi connectivity index (χ4v) is 2.84. The van der Waals surface area contributed by atoms with E-state index in [-0.39, 0.29) is 6.42 Å². The molecule has 1 N–H and O–H groups in total. The van der Waals surface area contributed by atoms with E-state index in [4.69, 9.17) is 5.11 Å². The minimum Gasteiger partial charge on any atom is -0.481 e. The Morgan fingerprint density at radius 1 is 1.05 bits per heavy atom. The van der Waals surface area contributed by atoms with Gasteiger partial charge in [0.25, 0.3) is 0 Å². The molecule has 1 aromatic carbocycles. The highest BCUT2D eigenvalue weighted by Crippen LogP contribution is 2.24. The Balaban J connectivity index is 1.72. The molecule has 0 fully saturated rings. The average molecular weight is 290 g/mol. The van der Waals surface area contributed by atoms with Gasteiger partial charge < -0.3 is 5.11 Å². The maximum absolute atomic E-state index is 10.4. The molecule has 0 unspecified atom stereocenters. The number of aryl methyl sites for hydroxylation is 1. The average Bonchev–Trinajstić information content (AvgIpc) is 2.92. The molecule has 20 heavy (non-hydrogen) atoms. The Bertz CT molecular complexity index is 540. The fourth-order valence-electron chi connectivity index (χ4n) is 1.96. The van der Waals surface area contributed by atoms with Gasteiger partial charge in [-0.1, -0.05) is 54.5 Å². The van der Waals surface area contributed by atoms with Crippen LogP contribution in [-0.4, -0.2) is 21.3 Å². The van der Waals surface area contributed by atoms with Gasteiger partial charge in [0, 0.05) is 18.4 Å². The van der Waals surface area contributed by atoms with Crippen LogP contribution in [0.1, 0.15) is 37.1 Å². The van der Waals surface area contributed by atoms with E-state index < -0.39 is 5.97 Å². The van der Waals surface area contributed by atoms with E-state index in [0.29, 0.717) is 0 Å². The lowest BCUT2D eigenvalue weighted by molar-refractivity contribution is -0.137. The molecule has 0 atom stereocenters. The maximum atomic E-state index is 10.4. The lowest BCUT2D eigenvalue weighted by Crippen LogP contribution is -1.93. The molecule has 5 heteroatoms. The van der Waals surface area contributed by atoms with E-state index in [1.54, 1.807) is 11.3 Å². The molecular weight excluding hydrogens is 272 g/mol. The monoisotopic (exact) mass is 290 g/mol. The quantitative estimate of drug-likeness (QED) is 0.751. The second-order valence-corrected chi connectivity index (χ2v) is 5.74. The third-order valence-corrected chi connectivity index (χ3v) is 4.05. The number of carboxylic acids is 1. The molecule has 0 saturated heterocycles. The lowest BCUT2D eigenvalue weighted by Gasteiger charge is -1.97. The van der Waals surface area contributed by atoms with Gasteiger partial charge in [0.15, 0.2) is 0 Å². The van der Waals surface area contributed by atoms with Gasteiger partial charge in [-0.2, -0.15) is 0 Å². The number of aliphatic carboxylic acids is 1. The van der Waals surface area contributed by atoms with E-state index in [2.05, 4.69) is 10.2 Å². The predicted octanol–water partition coefficient (Wildman–Crippen LogP) is 3.78. The highest BCUT2D eigenvalue weighted by molar-refractivity contribution is 7.14. The van der Waals surface area contributed by atoms with E-state index in [1.807, 2.05) is 30.3 Å². The topological polar surface area (TPSA) is 63.1 Å². The molecule has 0 radical (unpaired) electrons. The number of hydrogen-bond acceptors (Lipinski definition) is 4. The highest BCUT2D eigenvalue weighted by atomic mass is 32.1. The first-order valence-electron chi connectivity index (χ1n) is 6.85. The summed E-state index contributed by atoms with van der Waals surface area (Å²) in [5, 5.41) is 19.0. The third kappa shape index (κ3) is 4.74. The molecule has 0 amide bonds. The number of unbranched alkanes of at least 4 members (excludes halogenated alkanes) is 3. The molecule has 106 valence electrons. The smallest absolute Gasteiger partial charge is 0.303 e. The summed E-state index contributed by atoms with van der Waals surface area (Å²) in [4.78, 5) is 10.4. The molecule has 0 aliphatic heterocycles. The van der Waals surface area contributed by atoms with Gasteiger partial charge in [-0.15, -0.1) is 10.2 Å². The van der Waals surface area contributed by atoms with E-state index in [1.165, 1.54) is 0 Å². The zero-order valence-electron chi connectivity index (χ0n) is 11.3. The van der Waals surface area contributed by atoms with Gasteiger partial charge in [0.1, 0.15) is 10.0 Å². The van der Waals surface area contributed by atoms with Crippen molar-refractivity contribution >= 4 is 17.3 Å². The van der Waals surface area contributed by atoms with Crippen molar-refractivity contribution < 1.29 is 9.90 Å². The van der Waals surface area contributed by atoms with E-state index in [9.17, 15) is 4.79 Å². The van der Waals surface area contributed by atoms with Gasteiger partial charge in [-0.3, -0.25) is 4.79 Å². The molecule has 1 heterocycles. The van der Waals surface area contributed by atoms with Crippen LogP contribution in [0.5, 0.6) is 0 Å². The van der Waals surface area contributed by atoms with Gasteiger partial charge in [0.2, 0.25) is 0 Å². The normalized spacial score (nSPS) is 10.6. The SMILES string of the molecule is O=C(O)CCCCCCc1nnc(-c2ccccc2)s1. The van der Waals surface area contributed by atoms with Crippen LogP contribution in [0.3, 0.4) is 0 Å². The fraction of sp³-hybridized carbons (Fsp3) is 0.400. The molecule has 4 nitrogen and oxygen atoms in total. The van der Waals surface area contributed by atoms with Gasteiger partial charge in [-0.05, 0) is 12.8 Å². The van der Waals surface area contributed by atoms with Crippen molar-refractivity contribution in [3.8, 4) is 10.6 Å². The van der Waals surface area contributed by atoms with E-state index in [0.717, 1.165) is 47.7 Å². The molecule has 0 saturated carbocycles. The number of aromatic nitrogens is 2. The molecule has 2 rings (SSSR count). The summed E-state index contributed by atoms with van der Waals surface area (Å²) >= 11 is 1.64. The first kappa shape index (κ1) is 14.7. The Labute approximate surface area is 122 Å². The Hall–Kier alpha value is -1.75. The Kier molecular flexibility index (Phi) is 5.68. The van der Waals surface area contributed by atoms with Crippen LogP contribution in [0.2, 0.25) is 0 Å². The highest BCUT2D eigenvalue weighted by Gasteiger charge is 2.06. The molecular formula is C15H18N2O2S. The van der Waals surface area contributed by atoms with Crippen LogP contribution >= 0.6 is 11.3 Å². The van der Waals surface area contributed by atoms with Gasteiger partial charge in [0.05, 0.1) is 0 Å². The maximum Gasteiger partial charge on any atom is 0.303 e. The molecule has 1 aromatic heterocycles.